The van der Waals surface area contributed by atoms with E-state index in [9.17, 15) is 4.79 Å². The summed E-state index contributed by atoms with van der Waals surface area (Å²) in [5, 5.41) is 4.19. The van der Waals surface area contributed by atoms with Gasteiger partial charge in [0.2, 0.25) is 5.91 Å². The van der Waals surface area contributed by atoms with Gasteiger partial charge in [0.05, 0.1) is 19.4 Å². The van der Waals surface area contributed by atoms with Gasteiger partial charge in [0.15, 0.2) is 6.10 Å². The zero-order chi connectivity index (χ0) is 16.2. The third-order valence-electron chi connectivity index (χ3n) is 4.17. The Bertz CT molecular complexity index is 605. The molecule has 0 unspecified atom stereocenters. The summed E-state index contributed by atoms with van der Waals surface area (Å²) in [5.41, 5.74) is 1.94. The first-order valence-corrected chi connectivity index (χ1v) is 7.98. The number of carbonyl (C=O) groups excluding carboxylic acids is 1. The van der Waals surface area contributed by atoms with E-state index in [1.54, 1.807) is 13.2 Å². The fourth-order valence-electron chi connectivity index (χ4n) is 2.72. The first-order valence-electron chi connectivity index (χ1n) is 7.98. The average molecular weight is 314 g/mol. The molecule has 1 atom stereocenters. The van der Waals surface area contributed by atoms with Crippen LogP contribution in [0.1, 0.15) is 24.8 Å². The molecule has 0 aromatic heterocycles. The lowest BCUT2D eigenvalue weighted by atomic mass is 10.0. The van der Waals surface area contributed by atoms with Crippen LogP contribution in [0.5, 0.6) is 5.75 Å². The molecule has 1 aliphatic heterocycles. The van der Waals surface area contributed by atoms with Crippen molar-refractivity contribution in [1.82, 2.24) is 4.90 Å². The molecule has 5 nitrogen and oxygen atoms in total. The molecule has 3 rings (SSSR count). The van der Waals surface area contributed by atoms with Crippen molar-refractivity contribution in [2.24, 2.45) is 11.1 Å². The lowest BCUT2D eigenvalue weighted by Crippen LogP contribution is -2.38. The molecule has 0 radical (unpaired) electrons. The molecule has 1 aliphatic carbocycles. The highest BCUT2D eigenvalue weighted by Gasteiger charge is 2.35. The van der Waals surface area contributed by atoms with Crippen molar-refractivity contribution in [2.75, 3.05) is 20.2 Å². The van der Waals surface area contributed by atoms with Crippen molar-refractivity contribution in [3.63, 3.8) is 0 Å². The van der Waals surface area contributed by atoms with Crippen molar-refractivity contribution >= 4 is 11.6 Å². The number of benzene rings is 1. The number of amides is 1. The van der Waals surface area contributed by atoms with Gasteiger partial charge in [-0.25, -0.2) is 0 Å². The Balaban J connectivity index is 1.58. The van der Waals surface area contributed by atoms with Crippen LogP contribution in [0.25, 0.3) is 0 Å². The van der Waals surface area contributed by atoms with Crippen molar-refractivity contribution < 1.29 is 14.4 Å². The Morgan fingerprint density at radius 3 is 2.78 bits per heavy atom. The van der Waals surface area contributed by atoms with Crippen LogP contribution in [0.15, 0.2) is 42.1 Å². The summed E-state index contributed by atoms with van der Waals surface area (Å²) in [6.07, 6.45) is 4.39. The van der Waals surface area contributed by atoms with Crippen LogP contribution < -0.4 is 4.74 Å². The van der Waals surface area contributed by atoms with Crippen molar-refractivity contribution in [3.05, 3.63) is 42.5 Å². The zero-order valence-corrected chi connectivity index (χ0v) is 13.4. The average Bonchev–Trinajstić information content (AvgIpc) is 3.33. The second kappa shape index (κ2) is 6.86. The largest absolute Gasteiger partial charge is 0.497 e. The minimum atomic E-state index is -0.0882. The summed E-state index contributed by atoms with van der Waals surface area (Å²) in [6, 6.07) is 7.76. The third-order valence-corrected chi connectivity index (χ3v) is 4.17. The van der Waals surface area contributed by atoms with E-state index in [1.807, 2.05) is 29.2 Å². The first kappa shape index (κ1) is 15.6. The number of carbonyl (C=O) groups is 1. The van der Waals surface area contributed by atoms with Gasteiger partial charge in [-0.1, -0.05) is 11.2 Å². The number of rotatable bonds is 7. The van der Waals surface area contributed by atoms with E-state index in [1.165, 1.54) is 0 Å². The fourth-order valence-corrected chi connectivity index (χ4v) is 2.72. The van der Waals surface area contributed by atoms with E-state index >= 15 is 0 Å². The molecule has 1 aromatic rings. The maximum Gasteiger partial charge on any atom is 0.226 e. The molecule has 1 heterocycles. The van der Waals surface area contributed by atoms with Crippen molar-refractivity contribution in [1.29, 1.82) is 0 Å². The Morgan fingerprint density at radius 1 is 1.43 bits per heavy atom. The SMILES string of the molecule is C=CCN(C[C@@H]1CC(c2ccc(OC)cc2)=NO1)C(=O)C1CC1. The molecule has 23 heavy (non-hydrogen) atoms. The molecule has 2 aliphatic rings. The Labute approximate surface area is 136 Å². The van der Waals surface area contributed by atoms with Gasteiger partial charge >= 0.3 is 0 Å². The Hall–Kier alpha value is -2.30. The molecule has 1 fully saturated rings. The van der Waals surface area contributed by atoms with Gasteiger partial charge in [0.25, 0.3) is 0 Å². The summed E-state index contributed by atoms with van der Waals surface area (Å²) >= 11 is 0. The van der Waals surface area contributed by atoms with E-state index in [0.717, 1.165) is 29.9 Å². The predicted octanol–water partition coefficient (Wildman–Crippen LogP) is 2.61. The van der Waals surface area contributed by atoms with Crippen molar-refractivity contribution in [3.8, 4) is 5.75 Å². The zero-order valence-electron chi connectivity index (χ0n) is 13.4. The van der Waals surface area contributed by atoms with E-state index < -0.39 is 0 Å². The van der Waals surface area contributed by atoms with Crippen LogP contribution in [0.4, 0.5) is 0 Å². The molecule has 5 heteroatoms. The van der Waals surface area contributed by atoms with Gasteiger partial charge < -0.3 is 14.5 Å². The maximum absolute atomic E-state index is 12.3. The van der Waals surface area contributed by atoms with Crippen LogP contribution in [-0.2, 0) is 9.63 Å². The highest BCUT2D eigenvalue weighted by molar-refractivity contribution is 6.01. The van der Waals surface area contributed by atoms with Crippen LogP contribution >= 0.6 is 0 Å². The van der Waals surface area contributed by atoms with Gasteiger partial charge in [-0.15, -0.1) is 6.58 Å². The maximum atomic E-state index is 12.3. The number of methoxy groups -OCH3 is 1. The number of oxime groups is 1. The Morgan fingerprint density at radius 2 is 2.17 bits per heavy atom. The molecule has 0 saturated heterocycles. The minimum absolute atomic E-state index is 0.0882. The van der Waals surface area contributed by atoms with Gasteiger partial charge in [-0.3, -0.25) is 4.79 Å². The summed E-state index contributed by atoms with van der Waals surface area (Å²) in [4.78, 5) is 19.6. The summed E-state index contributed by atoms with van der Waals surface area (Å²) in [6.45, 7) is 4.86. The second-order valence-corrected chi connectivity index (χ2v) is 6.00. The smallest absolute Gasteiger partial charge is 0.226 e. The van der Waals surface area contributed by atoms with E-state index in [2.05, 4.69) is 11.7 Å². The molecule has 1 aromatic carbocycles. The highest BCUT2D eigenvalue weighted by Crippen LogP contribution is 2.31. The number of ether oxygens (including phenoxy) is 1. The second-order valence-electron chi connectivity index (χ2n) is 6.00. The molecular weight excluding hydrogens is 292 g/mol. The quantitative estimate of drug-likeness (QED) is 0.727. The van der Waals surface area contributed by atoms with Gasteiger partial charge in [0.1, 0.15) is 5.75 Å². The number of nitrogens with zero attached hydrogens (tertiary/aromatic N) is 2. The normalized spacial score (nSPS) is 19.7. The van der Waals surface area contributed by atoms with Crippen molar-refractivity contribution in [2.45, 2.75) is 25.4 Å². The molecule has 1 amide bonds. The highest BCUT2D eigenvalue weighted by atomic mass is 16.6. The molecule has 122 valence electrons. The topological polar surface area (TPSA) is 51.1 Å². The van der Waals surface area contributed by atoms with Crippen LogP contribution in [-0.4, -0.2) is 42.8 Å². The van der Waals surface area contributed by atoms with E-state index in [4.69, 9.17) is 9.57 Å². The van der Waals surface area contributed by atoms with E-state index in [-0.39, 0.29) is 17.9 Å². The van der Waals surface area contributed by atoms with E-state index in [0.29, 0.717) is 19.5 Å². The summed E-state index contributed by atoms with van der Waals surface area (Å²) in [5.74, 6) is 1.24. The van der Waals surface area contributed by atoms with Gasteiger partial charge in [0, 0.05) is 18.9 Å². The molecule has 0 N–H and O–H groups in total. The first-order chi connectivity index (χ1) is 11.2. The lowest BCUT2D eigenvalue weighted by molar-refractivity contribution is -0.133. The molecule has 1 saturated carbocycles. The monoisotopic (exact) mass is 314 g/mol. The number of hydrogen-bond acceptors (Lipinski definition) is 4. The molecular formula is C18H22N2O3. The molecule has 0 bridgehead atoms. The van der Waals surface area contributed by atoms with Gasteiger partial charge in [-0.05, 0) is 42.7 Å². The third kappa shape index (κ3) is 3.73. The Kier molecular flexibility index (Phi) is 4.65. The summed E-state index contributed by atoms with van der Waals surface area (Å²) in [7, 11) is 1.65. The van der Waals surface area contributed by atoms with Crippen LogP contribution in [0, 0.1) is 5.92 Å². The predicted molar refractivity (Wildman–Crippen MR) is 88.5 cm³/mol. The molecule has 0 spiro atoms. The lowest BCUT2D eigenvalue weighted by Gasteiger charge is -2.23. The van der Waals surface area contributed by atoms with Gasteiger partial charge in [-0.2, -0.15) is 0 Å². The minimum Gasteiger partial charge on any atom is -0.497 e. The van der Waals surface area contributed by atoms with Crippen LogP contribution in [0.3, 0.4) is 0 Å². The van der Waals surface area contributed by atoms with Crippen LogP contribution in [0.2, 0.25) is 0 Å². The number of hydrogen-bond donors (Lipinski definition) is 0. The standard InChI is InChI=1S/C18H22N2O3/c1-3-10-20(18(21)14-4-5-14)12-16-11-17(19-23-16)13-6-8-15(22-2)9-7-13/h3,6-9,14,16H,1,4-5,10-12H2,2H3/t16-/m0/s1. The summed E-state index contributed by atoms with van der Waals surface area (Å²) < 4.78 is 5.16. The fraction of sp³-hybridized carbons (Fsp3) is 0.444.